The Kier molecular flexibility index (Phi) is 5.20. The highest BCUT2D eigenvalue weighted by Crippen LogP contribution is 2.17. The lowest BCUT2D eigenvalue weighted by Gasteiger charge is -2.11. The van der Waals surface area contributed by atoms with Gasteiger partial charge in [0.25, 0.3) is 0 Å². The summed E-state index contributed by atoms with van der Waals surface area (Å²) in [5.41, 5.74) is 5.18. The van der Waals surface area contributed by atoms with E-state index in [-0.39, 0.29) is 5.82 Å². The molecular weight excluding hydrogens is 372 g/mol. The Bertz CT molecular complexity index is 1130. The molecule has 0 fully saturated rings. The monoisotopic (exact) mass is 393 g/mol. The van der Waals surface area contributed by atoms with E-state index >= 15 is 0 Å². The van der Waals surface area contributed by atoms with E-state index in [2.05, 4.69) is 10.2 Å². The van der Waals surface area contributed by atoms with Crippen molar-refractivity contribution in [3.05, 3.63) is 94.4 Å². The minimum Gasteiger partial charge on any atom is -0.265 e. The van der Waals surface area contributed by atoms with Crippen molar-refractivity contribution in [1.82, 2.24) is 24.5 Å². The molecule has 0 aliphatic carbocycles. The summed E-state index contributed by atoms with van der Waals surface area (Å²) < 4.78 is 29.7. The van der Waals surface area contributed by atoms with Crippen LogP contribution in [-0.2, 0) is 19.6 Å². The lowest BCUT2D eigenvalue weighted by atomic mass is 10.1. The average molecular weight is 393 g/mol. The summed E-state index contributed by atoms with van der Waals surface area (Å²) >= 11 is 0. The van der Waals surface area contributed by atoms with Crippen molar-refractivity contribution in [2.45, 2.75) is 33.5 Å². The molecule has 7 heteroatoms. The molecule has 0 spiro atoms. The van der Waals surface area contributed by atoms with Gasteiger partial charge in [-0.05, 0) is 61.4 Å². The van der Waals surface area contributed by atoms with E-state index in [4.69, 9.17) is 4.98 Å². The molecule has 148 valence electrons. The Morgan fingerprint density at radius 2 is 1.69 bits per heavy atom. The maximum absolute atomic E-state index is 13.2. The van der Waals surface area contributed by atoms with Crippen LogP contribution in [0.4, 0.5) is 8.78 Å². The number of rotatable bonds is 6. The van der Waals surface area contributed by atoms with E-state index in [1.807, 2.05) is 36.7 Å². The highest BCUT2D eigenvalue weighted by Gasteiger charge is 2.10. The van der Waals surface area contributed by atoms with Gasteiger partial charge in [-0.2, -0.15) is 10.2 Å². The van der Waals surface area contributed by atoms with Crippen LogP contribution in [0.15, 0.2) is 54.7 Å². The van der Waals surface area contributed by atoms with Gasteiger partial charge in [0.15, 0.2) is 5.82 Å². The molecule has 3 heterocycles. The third-order valence-corrected chi connectivity index (χ3v) is 4.67. The molecule has 5 nitrogen and oxygen atoms in total. The van der Waals surface area contributed by atoms with E-state index in [1.165, 1.54) is 12.1 Å². The molecule has 0 aliphatic rings. The SMILES string of the molecule is Cc1cc(C)n(Cc2cc(Cc3ccc(F)cc3)nc(-n3ccc(CF)n3)c2)n1. The Morgan fingerprint density at radius 3 is 2.34 bits per heavy atom. The third-order valence-electron chi connectivity index (χ3n) is 4.67. The standard InChI is InChI=1S/C22H21F2N5/c1-15-9-16(2)29(26-15)14-18-11-21(10-17-3-5-19(24)6-4-17)25-22(12-18)28-8-7-20(13-23)27-28/h3-9,11-12H,10,13-14H2,1-2H3. The molecule has 0 N–H and O–H groups in total. The Balaban J connectivity index is 1.71. The molecular formula is C22H21F2N5. The van der Waals surface area contributed by atoms with Crippen LogP contribution in [0.3, 0.4) is 0 Å². The number of alkyl halides is 1. The van der Waals surface area contributed by atoms with E-state index in [9.17, 15) is 8.78 Å². The largest absolute Gasteiger partial charge is 0.265 e. The van der Waals surface area contributed by atoms with Gasteiger partial charge < -0.3 is 0 Å². The summed E-state index contributed by atoms with van der Waals surface area (Å²) in [6, 6.07) is 14.0. The summed E-state index contributed by atoms with van der Waals surface area (Å²) in [5, 5.41) is 8.77. The van der Waals surface area contributed by atoms with Crippen LogP contribution in [0.2, 0.25) is 0 Å². The van der Waals surface area contributed by atoms with E-state index in [0.29, 0.717) is 24.5 Å². The third kappa shape index (κ3) is 4.39. The number of hydrogen-bond donors (Lipinski definition) is 0. The van der Waals surface area contributed by atoms with Crippen LogP contribution < -0.4 is 0 Å². The zero-order valence-corrected chi connectivity index (χ0v) is 16.3. The van der Waals surface area contributed by atoms with Crippen molar-refractivity contribution in [2.75, 3.05) is 0 Å². The summed E-state index contributed by atoms with van der Waals surface area (Å²) in [6.45, 7) is 3.94. The van der Waals surface area contributed by atoms with Crippen molar-refractivity contribution in [3.63, 3.8) is 0 Å². The van der Waals surface area contributed by atoms with Crippen LogP contribution in [-0.4, -0.2) is 24.5 Å². The van der Waals surface area contributed by atoms with Crippen molar-refractivity contribution in [1.29, 1.82) is 0 Å². The van der Waals surface area contributed by atoms with E-state index in [0.717, 1.165) is 28.2 Å². The summed E-state index contributed by atoms with van der Waals surface area (Å²) in [4.78, 5) is 4.69. The molecule has 1 aromatic carbocycles. The summed E-state index contributed by atoms with van der Waals surface area (Å²) in [7, 11) is 0. The molecule has 0 aliphatic heterocycles. The number of pyridine rings is 1. The molecule has 0 saturated heterocycles. The first-order chi connectivity index (χ1) is 14.0. The normalized spacial score (nSPS) is 11.2. The zero-order valence-electron chi connectivity index (χ0n) is 16.3. The first kappa shape index (κ1) is 19.0. The number of hydrogen-bond acceptors (Lipinski definition) is 3. The Labute approximate surface area is 167 Å². The van der Waals surface area contributed by atoms with Crippen molar-refractivity contribution < 1.29 is 8.78 Å². The zero-order chi connectivity index (χ0) is 20.4. The quantitative estimate of drug-likeness (QED) is 0.490. The predicted octanol–water partition coefficient (Wildman–Crippen LogP) is 4.33. The molecule has 0 unspecified atom stereocenters. The lowest BCUT2D eigenvalue weighted by Crippen LogP contribution is -2.08. The minimum atomic E-state index is -0.624. The van der Waals surface area contributed by atoms with Crippen LogP contribution in [0.25, 0.3) is 5.82 Å². The molecule has 3 aromatic heterocycles. The van der Waals surface area contributed by atoms with Gasteiger partial charge in [-0.3, -0.25) is 4.68 Å². The highest BCUT2D eigenvalue weighted by atomic mass is 19.1. The molecule has 0 radical (unpaired) electrons. The van der Waals surface area contributed by atoms with Gasteiger partial charge in [0.2, 0.25) is 0 Å². The molecule has 0 amide bonds. The van der Waals surface area contributed by atoms with Crippen LogP contribution in [0.1, 0.15) is 33.9 Å². The molecule has 4 rings (SSSR count). The average Bonchev–Trinajstić information content (AvgIpc) is 3.30. The smallest absolute Gasteiger partial charge is 0.153 e. The number of halogens is 2. The number of aromatic nitrogens is 5. The topological polar surface area (TPSA) is 48.5 Å². The second-order valence-corrected chi connectivity index (χ2v) is 7.10. The van der Waals surface area contributed by atoms with Gasteiger partial charge in [0, 0.05) is 24.0 Å². The van der Waals surface area contributed by atoms with E-state index < -0.39 is 6.67 Å². The van der Waals surface area contributed by atoms with Gasteiger partial charge in [-0.15, -0.1) is 0 Å². The van der Waals surface area contributed by atoms with Crippen molar-refractivity contribution in [2.24, 2.45) is 0 Å². The first-order valence-electron chi connectivity index (χ1n) is 9.36. The number of nitrogens with zero attached hydrogens (tertiary/aromatic N) is 5. The van der Waals surface area contributed by atoms with Crippen molar-refractivity contribution >= 4 is 0 Å². The Morgan fingerprint density at radius 1 is 0.897 bits per heavy atom. The molecule has 0 atom stereocenters. The fourth-order valence-electron chi connectivity index (χ4n) is 3.31. The maximum Gasteiger partial charge on any atom is 0.153 e. The van der Waals surface area contributed by atoms with Gasteiger partial charge in [0.05, 0.1) is 17.9 Å². The minimum absolute atomic E-state index is 0.268. The molecule has 29 heavy (non-hydrogen) atoms. The van der Waals surface area contributed by atoms with Gasteiger partial charge in [-0.25, -0.2) is 18.4 Å². The highest BCUT2D eigenvalue weighted by molar-refractivity contribution is 5.34. The van der Waals surface area contributed by atoms with Gasteiger partial charge >= 0.3 is 0 Å². The second kappa shape index (κ2) is 7.95. The lowest BCUT2D eigenvalue weighted by molar-refractivity contribution is 0.473. The second-order valence-electron chi connectivity index (χ2n) is 7.10. The first-order valence-corrected chi connectivity index (χ1v) is 9.36. The summed E-state index contributed by atoms with van der Waals surface area (Å²) in [5.74, 6) is 0.344. The molecule has 0 saturated carbocycles. The number of aryl methyl sites for hydroxylation is 2. The van der Waals surface area contributed by atoms with Gasteiger partial charge in [-0.1, -0.05) is 12.1 Å². The van der Waals surface area contributed by atoms with Crippen LogP contribution in [0.5, 0.6) is 0 Å². The Hall–Kier alpha value is -3.35. The molecule has 0 bridgehead atoms. The maximum atomic E-state index is 13.2. The van der Waals surface area contributed by atoms with Crippen molar-refractivity contribution in [3.8, 4) is 5.82 Å². The predicted molar refractivity (Wildman–Crippen MR) is 106 cm³/mol. The number of benzene rings is 1. The molecule has 4 aromatic rings. The summed E-state index contributed by atoms with van der Waals surface area (Å²) in [6.07, 6.45) is 2.25. The van der Waals surface area contributed by atoms with Crippen LogP contribution in [0, 0.1) is 19.7 Å². The van der Waals surface area contributed by atoms with Crippen LogP contribution >= 0.6 is 0 Å². The van der Waals surface area contributed by atoms with E-state index in [1.54, 1.807) is 29.1 Å². The fraction of sp³-hybridized carbons (Fsp3) is 0.227. The fourth-order valence-corrected chi connectivity index (χ4v) is 3.31. The van der Waals surface area contributed by atoms with Gasteiger partial charge in [0.1, 0.15) is 12.5 Å².